The molecular formula is C32H43N3O3. The topological polar surface area (TPSA) is 84.7 Å². The summed E-state index contributed by atoms with van der Waals surface area (Å²) in [6.07, 6.45) is 9.06. The monoisotopic (exact) mass is 517 g/mol. The molecule has 204 valence electrons. The molecule has 1 saturated carbocycles. The van der Waals surface area contributed by atoms with Crippen molar-refractivity contribution in [1.82, 2.24) is 4.90 Å². The van der Waals surface area contributed by atoms with Gasteiger partial charge in [-0.05, 0) is 92.2 Å². The number of anilines is 2. The zero-order chi connectivity index (χ0) is 26.6. The second-order valence-electron chi connectivity index (χ2n) is 11.5. The van der Waals surface area contributed by atoms with Gasteiger partial charge in [0.15, 0.2) is 0 Å². The van der Waals surface area contributed by atoms with E-state index in [4.69, 9.17) is 10.5 Å². The maximum Gasteiger partial charge on any atom is 0.306 e. The molecule has 1 amide bonds. The minimum absolute atomic E-state index is 0.164. The van der Waals surface area contributed by atoms with Crippen LogP contribution in [0, 0.1) is 18.8 Å². The van der Waals surface area contributed by atoms with Gasteiger partial charge in [-0.3, -0.25) is 9.59 Å². The number of ether oxygens (including phenoxy) is 1. The van der Waals surface area contributed by atoms with Gasteiger partial charge >= 0.3 is 5.97 Å². The van der Waals surface area contributed by atoms with Crippen molar-refractivity contribution in [3.05, 3.63) is 58.1 Å². The van der Waals surface area contributed by atoms with E-state index in [-0.39, 0.29) is 24.2 Å². The predicted molar refractivity (Wildman–Crippen MR) is 152 cm³/mol. The summed E-state index contributed by atoms with van der Waals surface area (Å²) in [5.41, 5.74) is 14.0. The van der Waals surface area contributed by atoms with Crippen LogP contribution in [0.4, 0.5) is 11.4 Å². The van der Waals surface area contributed by atoms with Gasteiger partial charge in [-0.2, -0.15) is 0 Å². The zero-order valence-corrected chi connectivity index (χ0v) is 23.1. The SMILES string of the molecule is CCOC(=O)CC1c2ccc3c(c2)CN(CC3)C(=O)C2CCC(CCCCNc3ccc1c(C)c3N)CC2. The molecule has 0 aromatic heterocycles. The number of nitrogens with two attached hydrogens (primary N) is 1. The molecule has 6 nitrogen and oxygen atoms in total. The second-order valence-corrected chi connectivity index (χ2v) is 11.5. The number of carbonyl (C=O) groups excluding carboxylic acids is 2. The molecule has 1 atom stereocenters. The van der Waals surface area contributed by atoms with Crippen LogP contribution >= 0.6 is 0 Å². The molecule has 38 heavy (non-hydrogen) atoms. The van der Waals surface area contributed by atoms with Gasteiger partial charge < -0.3 is 20.7 Å². The molecule has 6 heteroatoms. The zero-order valence-electron chi connectivity index (χ0n) is 23.1. The Bertz CT molecular complexity index is 1170. The molecule has 0 saturated heterocycles. The van der Waals surface area contributed by atoms with Crippen molar-refractivity contribution >= 4 is 23.3 Å². The number of rotatable bonds is 3. The quantitative estimate of drug-likeness (QED) is 0.388. The molecule has 2 aromatic rings. The number of nitrogens with one attached hydrogen (secondary N) is 1. The van der Waals surface area contributed by atoms with Crippen LogP contribution in [0.25, 0.3) is 0 Å². The molecule has 1 aliphatic carbocycles. The van der Waals surface area contributed by atoms with Gasteiger partial charge in [0.2, 0.25) is 5.91 Å². The van der Waals surface area contributed by atoms with Gasteiger partial charge in [-0.1, -0.05) is 37.1 Å². The Kier molecular flexibility index (Phi) is 8.25. The van der Waals surface area contributed by atoms with Gasteiger partial charge in [0.1, 0.15) is 0 Å². The number of amides is 1. The Morgan fingerprint density at radius 3 is 2.68 bits per heavy atom. The van der Waals surface area contributed by atoms with E-state index in [1.165, 1.54) is 36.8 Å². The Morgan fingerprint density at radius 1 is 1.08 bits per heavy atom. The Labute approximate surface area is 227 Å². The number of hydrogen-bond donors (Lipinski definition) is 2. The molecule has 7 bridgehead atoms. The van der Waals surface area contributed by atoms with Crippen molar-refractivity contribution in [2.45, 2.75) is 84.1 Å². The molecule has 8 rings (SSSR count). The summed E-state index contributed by atoms with van der Waals surface area (Å²) in [7, 11) is 0. The molecule has 5 heterocycles. The average molecular weight is 518 g/mol. The highest BCUT2D eigenvalue weighted by Gasteiger charge is 2.32. The van der Waals surface area contributed by atoms with E-state index >= 15 is 0 Å². The number of nitrogens with zero attached hydrogens (tertiary/aromatic N) is 1. The van der Waals surface area contributed by atoms with Crippen LogP contribution < -0.4 is 11.1 Å². The van der Waals surface area contributed by atoms with Crippen LogP contribution in [0.5, 0.6) is 0 Å². The van der Waals surface area contributed by atoms with Gasteiger partial charge in [0.25, 0.3) is 0 Å². The minimum atomic E-state index is -0.211. The third kappa shape index (κ3) is 5.69. The van der Waals surface area contributed by atoms with Crippen LogP contribution in [0.1, 0.15) is 92.0 Å². The standard InChI is InChI=1S/C32H43N3O3/c1-3-38-30(36)19-28-25-12-11-23-15-17-35(20-26(23)18-25)32(37)24-9-7-22(8-10-24)6-4-5-16-34-29-14-13-27(28)21(2)31(29)33/h11-14,18,22,24,28,34H,3-10,15-17,19-20,33H2,1-2H3. The van der Waals surface area contributed by atoms with Gasteiger partial charge in [0, 0.05) is 31.5 Å². The van der Waals surface area contributed by atoms with E-state index in [0.29, 0.717) is 19.1 Å². The summed E-state index contributed by atoms with van der Waals surface area (Å²) in [6, 6.07) is 10.7. The Balaban J connectivity index is 1.52. The van der Waals surface area contributed by atoms with Crippen molar-refractivity contribution < 1.29 is 14.3 Å². The molecule has 5 aliphatic heterocycles. The van der Waals surface area contributed by atoms with Crippen LogP contribution in [-0.4, -0.2) is 36.5 Å². The molecule has 3 N–H and O–H groups in total. The van der Waals surface area contributed by atoms with Crippen LogP contribution in [0.15, 0.2) is 30.3 Å². The van der Waals surface area contributed by atoms with Crippen molar-refractivity contribution in [1.29, 1.82) is 0 Å². The second kappa shape index (κ2) is 11.8. The summed E-state index contributed by atoms with van der Waals surface area (Å²) in [4.78, 5) is 28.3. The fourth-order valence-electron chi connectivity index (χ4n) is 6.79. The molecular weight excluding hydrogens is 474 g/mol. The smallest absolute Gasteiger partial charge is 0.306 e. The fraction of sp³-hybridized carbons (Fsp3) is 0.562. The van der Waals surface area contributed by atoms with E-state index in [1.807, 2.05) is 6.92 Å². The highest BCUT2D eigenvalue weighted by Crippen LogP contribution is 2.38. The first kappa shape index (κ1) is 26.6. The number of nitrogen functional groups attached to an aromatic ring is 1. The minimum Gasteiger partial charge on any atom is -0.466 e. The third-order valence-electron chi connectivity index (χ3n) is 9.12. The van der Waals surface area contributed by atoms with Crippen LogP contribution in [0.3, 0.4) is 0 Å². The van der Waals surface area contributed by atoms with E-state index in [1.54, 1.807) is 0 Å². The van der Waals surface area contributed by atoms with E-state index < -0.39 is 0 Å². The van der Waals surface area contributed by atoms with Crippen molar-refractivity contribution in [2.75, 3.05) is 30.7 Å². The lowest BCUT2D eigenvalue weighted by Crippen LogP contribution is -2.41. The summed E-state index contributed by atoms with van der Waals surface area (Å²) < 4.78 is 5.37. The van der Waals surface area contributed by atoms with E-state index in [2.05, 4.69) is 47.5 Å². The number of benzene rings is 2. The first-order chi connectivity index (χ1) is 18.4. The molecule has 0 radical (unpaired) electrons. The molecule has 2 aromatic carbocycles. The normalized spacial score (nSPS) is 23.8. The van der Waals surface area contributed by atoms with Crippen molar-refractivity contribution in [2.24, 2.45) is 11.8 Å². The lowest BCUT2D eigenvalue weighted by Gasteiger charge is -2.35. The lowest BCUT2D eigenvalue weighted by molar-refractivity contribution is -0.143. The summed E-state index contributed by atoms with van der Waals surface area (Å²) in [6.45, 7) is 6.59. The maximum atomic E-state index is 13.5. The average Bonchev–Trinajstić information content (AvgIpc) is 2.93. The fourth-order valence-corrected chi connectivity index (χ4v) is 6.79. The third-order valence-corrected chi connectivity index (χ3v) is 9.12. The number of esters is 1. The molecule has 6 aliphatic rings. The number of carbonyl (C=O) groups is 2. The molecule has 0 spiro atoms. The highest BCUT2D eigenvalue weighted by molar-refractivity contribution is 5.79. The van der Waals surface area contributed by atoms with Gasteiger partial charge in [-0.15, -0.1) is 0 Å². The lowest BCUT2D eigenvalue weighted by atomic mass is 9.79. The van der Waals surface area contributed by atoms with E-state index in [0.717, 1.165) is 72.8 Å². The van der Waals surface area contributed by atoms with E-state index in [9.17, 15) is 9.59 Å². The highest BCUT2D eigenvalue weighted by atomic mass is 16.5. The molecule has 1 unspecified atom stereocenters. The van der Waals surface area contributed by atoms with Crippen LogP contribution in [-0.2, 0) is 27.3 Å². The van der Waals surface area contributed by atoms with Crippen LogP contribution in [0.2, 0.25) is 0 Å². The summed E-state index contributed by atoms with van der Waals surface area (Å²) in [5, 5.41) is 3.55. The van der Waals surface area contributed by atoms with Crippen molar-refractivity contribution in [3.63, 3.8) is 0 Å². The summed E-state index contributed by atoms with van der Waals surface area (Å²) in [5.74, 6) is 0.876. The summed E-state index contributed by atoms with van der Waals surface area (Å²) >= 11 is 0. The Hall–Kier alpha value is -3.02. The largest absolute Gasteiger partial charge is 0.466 e. The maximum absolute atomic E-state index is 13.5. The molecule has 1 fully saturated rings. The predicted octanol–water partition coefficient (Wildman–Crippen LogP) is 5.95. The number of hydrogen-bond acceptors (Lipinski definition) is 5. The van der Waals surface area contributed by atoms with Gasteiger partial charge in [-0.25, -0.2) is 0 Å². The van der Waals surface area contributed by atoms with Crippen molar-refractivity contribution in [3.8, 4) is 0 Å². The first-order valence-corrected chi connectivity index (χ1v) is 14.6. The first-order valence-electron chi connectivity index (χ1n) is 14.6. The van der Waals surface area contributed by atoms with Gasteiger partial charge in [0.05, 0.1) is 24.4 Å². The Morgan fingerprint density at radius 2 is 1.89 bits per heavy atom.